The first-order valence-corrected chi connectivity index (χ1v) is 29.8. The fourth-order valence-corrected chi connectivity index (χ4v) is 9.47. The Labute approximate surface area is 505 Å². The first-order chi connectivity index (χ1) is 39.9. The van der Waals surface area contributed by atoms with E-state index < -0.39 is 126 Å². The van der Waals surface area contributed by atoms with E-state index >= 15 is 0 Å². The lowest BCUT2D eigenvalue weighted by atomic mass is 10.0. The number of nitrogens with one attached hydrogen (secondary N) is 10. The molecule has 0 fully saturated rings. The number of nitrogens with zero attached hydrogens (tertiary/aromatic N) is 1. The van der Waals surface area contributed by atoms with E-state index in [1.54, 1.807) is 36.7 Å². The van der Waals surface area contributed by atoms with Crippen LogP contribution < -0.4 is 65.1 Å². The van der Waals surface area contributed by atoms with Crippen LogP contribution >= 0.6 is 49.6 Å². The second kappa shape index (κ2) is 37.0. The molecule has 0 aliphatic carbocycles. The normalized spacial score (nSPS) is 14.2. The van der Waals surface area contributed by atoms with Crippen LogP contribution in [-0.2, 0) is 65.6 Å². The maximum atomic E-state index is 14.5. The van der Waals surface area contributed by atoms with Crippen molar-refractivity contribution in [3.8, 4) is 5.75 Å². The first kappa shape index (κ1) is 70.8. The number of rotatable bonds is 38. The number of H-pyrrole nitrogens is 1. The van der Waals surface area contributed by atoms with Crippen LogP contribution in [0, 0.1) is 0 Å². The summed E-state index contributed by atoms with van der Waals surface area (Å²) in [4.78, 5) is 154. The van der Waals surface area contributed by atoms with E-state index in [0.29, 0.717) is 40.6 Å². The fourth-order valence-electron chi connectivity index (χ4n) is 8.22. The molecule has 32 heteroatoms. The Balaban J connectivity index is 1.93. The second-order valence-electron chi connectivity index (χ2n) is 19.2. The number of phenolic OH excluding ortho intramolecular Hbond substituents is 1. The summed E-state index contributed by atoms with van der Waals surface area (Å²) in [6, 6.07) is -0.390. The van der Waals surface area contributed by atoms with Gasteiger partial charge in [-0.1, -0.05) is 30.3 Å². The maximum absolute atomic E-state index is 14.5. The number of fused-ring (bicyclic) bond motifs is 1. The SMILES string of the molecule is CSCC[C@H](NC(=O)[C@H](CCCCN)NC(=O)[C@H](CS)NC(=O)[C@H](CCCN=C(N)N)NC(=O)[C@H](CS)NC(=O)[C@H](Cc1c[nH]c2ccccc12)NC(=O)[C@H](CS)NC(=O)[C@H](Cc1ccc(O)cc1)NC(=O)[C@H](CC(=O)O)NC(C)=O)C(=O)O. The van der Waals surface area contributed by atoms with Crippen LogP contribution in [0.3, 0.4) is 0 Å². The number of aliphatic imine (C=N–C) groups is 1. The molecule has 1 aromatic heterocycles. The summed E-state index contributed by atoms with van der Waals surface area (Å²) < 4.78 is 0. The van der Waals surface area contributed by atoms with Crippen LogP contribution in [0.4, 0.5) is 0 Å². The third-order valence-corrected chi connectivity index (χ3v) is 14.4. The average Bonchev–Trinajstić information content (AvgIpc) is 4.10. The second-order valence-corrected chi connectivity index (χ2v) is 21.3. The standard InChI is InChI=1S/C52H76N14O14S4/c1-27(67)58-38(22-42(69)70)47(75)62-36(20-28-12-14-30(68)15-13-28)45(73)65-41(26-83)50(78)63-37(21-29-23-57-32-9-4-3-8-31(29)32)46(74)66-40(25-82)49(77)60-34(11-7-18-56-52(54)55)44(72)64-39(24-81)48(76)59-33(10-5-6-17-53)43(71)61-35(51(79)80)16-19-84-2/h3-4,8-9,12-15,23,33-41,57,68,81-83H,5-7,10-11,16-22,24-26,53H2,1-2H3,(H,58,67)(H,59,76)(H,60,77)(H,61,71)(H,62,75)(H,63,78)(H,64,72)(H,65,73)(H,66,74)(H,69,70)(H,79,80)(H4,54,55,56)/t33-,34-,35-,36-,37-,38-,39-,40-,41-/m0/s1. The van der Waals surface area contributed by atoms with Gasteiger partial charge in [0, 0.05) is 60.7 Å². The molecule has 0 bridgehead atoms. The molecule has 2 aromatic carbocycles. The van der Waals surface area contributed by atoms with Gasteiger partial charge in [-0.25, -0.2) is 4.79 Å². The van der Waals surface area contributed by atoms with Gasteiger partial charge in [0.15, 0.2) is 5.96 Å². The highest BCUT2D eigenvalue weighted by Gasteiger charge is 2.35. The van der Waals surface area contributed by atoms with E-state index in [0.717, 1.165) is 6.92 Å². The number of guanidine groups is 1. The van der Waals surface area contributed by atoms with Crippen molar-refractivity contribution in [3.05, 3.63) is 65.9 Å². The summed E-state index contributed by atoms with van der Waals surface area (Å²) in [7, 11) is 0. The van der Waals surface area contributed by atoms with E-state index in [4.69, 9.17) is 17.2 Å². The number of thioether (sulfide) groups is 1. The number of aromatic nitrogens is 1. The molecule has 9 atom stereocenters. The number of amides is 9. The van der Waals surface area contributed by atoms with Crippen molar-refractivity contribution in [2.45, 2.75) is 119 Å². The Morgan fingerprint density at radius 3 is 1.50 bits per heavy atom. The van der Waals surface area contributed by atoms with Gasteiger partial charge in [0.1, 0.15) is 60.1 Å². The quantitative estimate of drug-likeness (QED) is 0.0120. The number of hydrogen-bond donors (Lipinski definition) is 19. The van der Waals surface area contributed by atoms with Crippen molar-refractivity contribution in [1.82, 2.24) is 52.8 Å². The van der Waals surface area contributed by atoms with Gasteiger partial charge in [-0.15, -0.1) is 0 Å². The summed E-state index contributed by atoms with van der Waals surface area (Å²) in [6.07, 6.45) is 3.08. The number of carboxylic acid groups (broad SMARTS) is 2. The summed E-state index contributed by atoms with van der Waals surface area (Å²) in [5, 5.41) is 52.3. The number of para-hydroxylation sites is 1. The predicted octanol–water partition coefficient (Wildman–Crippen LogP) is -2.67. The fraction of sp³-hybridized carbons (Fsp3) is 0.500. The van der Waals surface area contributed by atoms with Gasteiger partial charge < -0.3 is 85.4 Å². The molecule has 1 heterocycles. The number of carbonyl (C=O) groups is 11. The molecule has 0 saturated heterocycles. The minimum absolute atomic E-state index is 0.00158. The zero-order chi connectivity index (χ0) is 62.5. The van der Waals surface area contributed by atoms with Gasteiger partial charge in [0.05, 0.1) is 6.42 Å². The third-order valence-electron chi connectivity index (χ3n) is 12.6. The lowest BCUT2D eigenvalue weighted by Gasteiger charge is -2.27. The van der Waals surface area contributed by atoms with Crippen LogP contribution in [0.5, 0.6) is 5.75 Å². The van der Waals surface area contributed by atoms with E-state index in [9.17, 15) is 68.1 Å². The number of thiol groups is 3. The molecular weight excluding hydrogens is 1170 g/mol. The number of carboxylic acids is 2. The molecule has 84 heavy (non-hydrogen) atoms. The van der Waals surface area contributed by atoms with Crippen molar-refractivity contribution in [3.63, 3.8) is 0 Å². The van der Waals surface area contributed by atoms with E-state index in [1.807, 2.05) is 0 Å². The Kier molecular flexibility index (Phi) is 31.2. The van der Waals surface area contributed by atoms with Crippen molar-refractivity contribution < 1.29 is 68.1 Å². The van der Waals surface area contributed by atoms with Crippen LogP contribution in [0.1, 0.15) is 63.0 Å². The van der Waals surface area contributed by atoms with Gasteiger partial charge in [-0.05, 0) is 86.4 Å². The molecular formula is C52H76N14O14S4. The number of phenols is 1. The number of aromatic amines is 1. The summed E-state index contributed by atoms with van der Waals surface area (Å²) in [5.41, 5.74) is 18.3. The number of benzene rings is 2. The van der Waals surface area contributed by atoms with Crippen molar-refractivity contribution in [2.24, 2.45) is 22.2 Å². The molecule has 0 saturated carbocycles. The highest BCUT2D eigenvalue weighted by atomic mass is 32.2. The molecule has 3 rings (SSSR count). The van der Waals surface area contributed by atoms with Crippen LogP contribution in [-0.4, -0.2) is 188 Å². The third kappa shape index (κ3) is 24.4. The summed E-state index contributed by atoms with van der Waals surface area (Å²) in [6.45, 7) is 1.34. The molecule has 0 radical (unpaired) electrons. The monoisotopic (exact) mass is 1250 g/mol. The molecule has 9 amide bonds. The average molecular weight is 1250 g/mol. The Morgan fingerprint density at radius 2 is 1.02 bits per heavy atom. The molecule has 28 nitrogen and oxygen atoms in total. The molecule has 3 aromatic rings. The van der Waals surface area contributed by atoms with Gasteiger partial charge in [0.25, 0.3) is 0 Å². The molecule has 0 aliphatic rings. The van der Waals surface area contributed by atoms with Crippen LogP contribution in [0.25, 0.3) is 10.9 Å². The topological polar surface area (TPSA) is 463 Å². The van der Waals surface area contributed by atoms with E-state index in [1.165, 1.54) is 36.0 Å². The Morgan fingerprint density at radius 1 is 0.571 bits per heavy atom. The predicted molar refractivity (Wildman–Crippen MR) is 324 cm³/mol. The minimum Gasteiger partial charge on any atom is -0.508 e. The molecule has 0 spiro atoms. The van der Waals surface area contributed by atoms with Gasteiger partial charge in [0.2, 0.25) is 53.2 Å². The first-order valence-electron chi connectivity index (χ1n) is 26.5. The van der Waals surface area contributed by atoms with E-state index in [-0.39, 0.29) is 80.6 Å². The van der Waals surface area contributed by atoms with Crippen molar-refractivity contribution >= 4 is 132 Å². The number of aromatic hydroxyl groups is 1. The van der Waals surface area contributed by atoms with Crippen LogP contribution in [0.15, 0.2) is 59.7 Å². The van der Waals surface area contributed by atoms with E-state index in [2.05, 4.69) is 95.7 Å². The molecule has 0 aliphatic heterocycles. The molecule has 462 valence electrons. The van der Waals surface area contributed by atoms with Gasteiger partial charge in [-0.3, -0.25) is 52.9 Å². The summed E-state index contributed by atoms with van der Waals surface area (Å²) >= 11 is 14.3. The van der Waals surface area contributed by atoms with Crippen molar-refractivity contribution in [1.29, 1.82) is 0 Å². The number of carbonyl (C=O) groups excluding carboxylic acids is 9. The van der Waals surface area contributed by atoms with Crippen LogP contribution in [0.2, 0.25) is 0 Å². The summed E-state index contributed by atoms with van der Waals surface area (Å²) in [5.74, 6) is -11.8. The number of aliphatic carboxylic acids is 2. The number of nitrogens with two attached hydrogens (primary N) is 3. The van der Waals surface area contributed by atoms with Crippen molar-refractivity contribution in [2.75, 3.05) is 42.4 Å². The largest absolute Gasteiger partial charge is 0.508 e. The Hall–Kier alpha value is -7.42. The Bertz CT molecular complexity index is 2760. The molecule has 19 N–H and O–H groups in total. The zero-order valence-corrected chi connectivity index (χ0v) is 49.8. The van der Waals surface area contributed by atoms with Gasteiger partial charge in [-0.2, -0.15) is 49.6 Å². The maximum Gasteiger partial charge on any atom is 0.326 e. The lowest BCUT2D eigenvalue weighted by Crippen LogP contribution is -2.61. The number of hydrogen-bond acceptors (Lipinski definition) is 18. The lowest BCUT2D eigenvalue weighted by molar-refractivity contribution is -0.142. The highest BCUT2D eigenvalue weighted by Crippen LogP contribution is 2.20. The molecule has 0 unspecified atom stereocenters. The smallest absolute Gasteiger partial charge is 0.326 e. The highest BCUT2D eigenvalue weighted by molar-refractivity contribution is 7.98. The minimum atomic E-state index is -1.61. The number of unbranched alkanes of at least 4 members (excludes halogenated alkanes) is 1. The van der Waals surface area contributed by atoms with Gasteiger partial charge >= 0.3 is 11.9 Å². The zero-order valence-electron chi connectivity index (χ0n) is 46.3.